The van der Waals surface area contributed by atoms with E-state index in [-0.39, 0.29) is 11.7 Å². The van der Waals surface area contributed by atoms with Crippen molar-refractivity contribution >= 4 is 17.3 Å². The molecule has 0 saturated carbocycles. The van der Waals surface area contributed by atoms with E-state index in [1.165, 1.54) is 12.3 Å². The standard InChI is InChI=1S/C20H18FN3O2/c1-13(25)24-10-9-14-5-4-8-17(20(14)24)22-12-19-23-11-18(26-19)15-6-2-3-7-16(15)21/h2-8,11,22H,9-10,12H2,1H3. The smallest absolute Gasteiger partial charge is 0.223 e. The second-order valence-electron chi connectivity index (χ2n) is 6.19. The zero-order valence-corrected chi connectivity index (χ0v) is 14.3. The average molecular weight is 351 g/mol. The maximum Gasteiger partial charge on any atom is 0.223 e. The molecule has 1 N–H and O–H groups in total. The fourth-order valence-corrected chi connectivity index (χ4v) is 3.26. The van der Waals surface area contributed by atoms with Gasteiger partial charge in [-0.25, -0.2) is 9.37 Å². The summed E-state index contributed by atoms with van der Waals surface area (Å²) in [4.78, 5) is 17.9. The van der Waals surface area contributed by atoms with Crippen LogP contribution in [-0.2, 0) is 17.8 Å². The van der Waals surface area contributed by atoms with Crippen molar-refractivity contribution in [1.29, 1.82) is 0 Å². The van der Waals surface area contributed by atoms with Gasteiger partial charge in [0.05, 0.1) is 29.7 Å². The number of oxazole rings is 1. The van der Waals surface area contributed by atoms with Gasteiger partial charge in [-0.2, -0.15) is 0 Å². The first-order valence-corrected chi connectivity index (χ1v) is 8.47. The predicted octanol–water partition coefficient (Wildman–Crippen LogP) is 4.00. The molecular weight excluding hydrogens is 333 g/mol. The minimum absolute atomic E-state index is 0.0240. The molecule has 2 aromatic carbocycles. The number of benzene rings is 2. The van der Waals surface area contributed by atoms with Gasteiger partial charge in [-0.15, -0.1) is 0 Å². The molecule has 0 radical (unpaired) electrons. The maximum atomic E-state index is 13.9. The van der Waals surface area contributed by atoms with Crippen LogP contribution in [0.2, 0.25) is 0 Å². The first kappa shape index (κ1) is 16.3. The van der Waals surface area contributed by atoms with Gasteiger partial charge in [-0.3, -0.25) is 4.79 Å². The molecule has 0 fully saturated rings. The van der Waals surface area contributed by atoms with Gasteiger partial charge in [0.1, 0.15) is 5.82 Å². The monoisotopic (exact) mass is 351 g/mol. The Morgan fingerprint density at radius 2 is 2.12 bits per heavy atom. The largest absolute Gasteiger partial charge is 0.439 e. The Balaban J connectivity index is 1.54. The third-order valence-electron chi connectivity index (χ3n) is 4.50. The molecule has 3 aromatic rings. The van der Waals surface area contributed by atoms with Gasteiger partial charge in [0.25, 0.3) is 0 Å². The maximum absolute atomic E-state index is 13.9. The Hall–Kier alpha value is -3.15. The lowest BCUT2D eigenvalue weighted by molar-refractivity contribution is -0.116. The van der Waals surface area contributed by atoms with Crippen LogP contribution in [0.25, 0.3) is 11.3 Å². The Morgan fingerprint density at radius 1 is 1.27 bits per heavy atom. The molecular formula is C20H18FN3O2. The molecule has 2 heterocycles. The molecule has 0 saturated heterocycles. The minimum atomic E-state index is -0.346. The van der Waals surface area contributed by atoms with Crippen molar-refractivity contribution in [2.45, 2.75) is 19.9 Å². The van der Waals surface area contributed by atoms with E-state index < -0.39 is 0 Å². The summed E-state index contributed by atoms with van der Waals surface area (Å²) < 4.78 is 19.5. The van der Waals surface area contributed by atoms with Crippen LogP contribution in [0.5, 0.6) is 0 Å². The molecule has 0 bridgehead atoms. The summed E-state index contributed by atoms with van der Waals surface area (Å²) in [7, 11) is 0. The summed E-state index contributed by atoms with van der Waals surface area (Å²) in [5.41, 5.74) is 3.31. The number of nitrogens with zero attached hydrogens (tertiary/aromatic N) is 2. The van der Waals surface area contributed by atoms with Crippen LogP contribution in [0.15, 0.2) is 53.1 Å². The van der Waals surface area contributed by atoms with Crippen LogP contribution in [0, 0.1) is 5.82 Å². The highest BCUT2D eigenvalue weighted by molar-refractivity contribution is 5.97. The van der Waals surface area contributed by atoms with Gasteiger partial charge >= 0.3 is 0 Å². The summed E-state index contributed by atoms with van der Waals surface area (Å²) >= 11 is 0. The molecule has 1 aliphatic heterocycles. The third kappa shape index (κ3) is 2.94. The number of hydrogen-bond acceptors (Lipinski definition) is 4. The second-order valence-corrected chi connectivity index (χ2v) is 6.19. The average Bonchev–Trinajstić information content (AvgIpc) is 3.27. The summed E-state index contributed by atoms with van der Waals surface area (Å²) in [5, 5.41) is 3.28. The molecule has 26 heavy (non-hydrogen) atoms. The fourth-order valence-electron chi connectivity index (χ4n) is 3.26. The molecule has 0 atom stereocenters. The number of carbonyl (C=O) groups excluding carboxylic acids is 1. The van der Waals surface area contributed by atoms with E-state index in [9.17, 15) is 9.18 Å². The molecule has 1 aliphatic rings. The summed E-state index contributed by atoms with van der Waals surface area (Å²) in [6, 6.07) is 12.4. The zero-order valence-electron chi connectivity index (χ0n) is 14.3. The molecule has 4 rings (SSSR count). The van der Waals surface area contributed by atoms with E-state index in [0.29, 0.717) is 30.3 Å². The predicted molar refractivity (Wildman–Crippen MR) is 97.4 cm³/mol. The normalized spacial score (nSPS) is 12.9. The number of para-hydroxylation sites is 1. The number of rotatable bonds is 4. The number of hydrogen-bond donors (Lipinski definition) is 1. The van der Waals surface area contributed by atoms with Gasteiger partial charge in [-0.05, 0) is 30.2 Å². The molecule has 1 aromatic heterocycles. The van der Waals surface area contributed by atoms with Crippen molar-refractivity contribution in [1.82, 2.24) is 4.98 Å². The van der Waals surface area contributed by atoms with Crippen molar-refractivity contribution < 1.29 is 13.6 Å². The van der Waals surface area contributed by atoms with Crippen molar-refractivity contribution in [3.8, 4) is 11.3 Å². The Bertz CT molecular complexity index is 967. The van der Waals surface area contributed by atoms with Gasteiger partial charge in [0.15, 0.2) is 5.76 Å². The summed E-state index contributed by atoms with van der Waals surface area (Å²) in [6.07, 6.45) is 2.37. The lowest BCUT2D eigenvalue weighted by atomic mass is 10.1. The zero-order chi connectivity index (χ0) is 18.1. The molecule has 0 aliphatic carbocycles. The van der Waals surface area contributed by atoms with Crippen LogP contribution in [0.1, 0.15) is 18.4 Å². The Labute approximate surface area is 150 Å². The van der Waals surface area contributed by atoms with Crippen molar-refractivity contribution in [2.24, 2.45) is 0 Å². The van der Waals surface area contributed by atoms with Gasteiger partial charge in [0, 0.05) is 13.5 Å². The number of aromatic nitrogens is 1. The van der Waals surface area contributed by atoms with Gasteiger partial charge < -0.3 is 14.6 Å². The number of anilines is 2. The molecule has 1 amide bonds. The number of carbonyl (C=O) groups is 1. The molecule has 0 spiro atoms. The van der Waals surface area contributed by atoms with E-state index in [1.807, 2.05) is 18.2 Å². The third-order valence-corrected chi connectivity index (χ3v) is 4.50. The van der Waals surface area contributed by atoms with Crippen molar-refractivity contribution in [2.75, 3.05) is 16.8 Å². The Morgan fingerprint density at radius 3 is 2.92 bits per heavy atom. The highest BCUT2D eigenvalue weighted by atomic mass is 19.1. The summed E-state index contributed by atoms with van der Waals surface area (Å²) in [6.45, 7) is 2.61. The van der Waals surface area contributed by atoms with E-state index in [0.717, 1.165) is 23.4 Å². The highest BCUT2D eigenvalue weighted by Gasteiger charge is 2.25. The highest BCUT2D eigenvalue weighted by Crippen LogP contribution is 2.36. The van der Waals surface area contributed by atoms with Crippen molar-refractivity contribution in [3.05, 3.63) is 65.9 Å². The van der Waals surface area contributed by atoms with Crippen molar-refractivity contribution in [3.63, 3.8) is 0 Å². The first-order chi connectivity index (χ1) is 12.6. The number of amides is 1. The molecule has 0 unspecified atom stereocenters. The molecule has 6 heteroatoms. The van der Waals surface area contributed by atoms with Crippen LogP contribution < -0.4 is 10.2 Å². The Kier molecular flexibility index (Phi) is 4.16. The summed E-state index contributed by atoms with van der Waals surface area (Å²) in [5.74, 6) is 0.522. The van der Waals surface area contributed by atoms with E-state index in [1.54, 1.807) is 30.0 Å². The first-order valence-electron chi connectivity index (χ1n) is 8.47. The SMILES string of the molecule is CC(=O)N1CCc2cccc(NCc3ncc(-c4ccccc4F)o3)c21. The molecule has 132 valence electrons. The number of fused-ring (bicyclic) bond motifs is 1. The lowest BCUT2D eigenvalue weighted by Gasteiger charge is -2.19. The number of halogens is 1. The lowest BCUT2D eigenvalue weighted by Crippen LogP contribution is -2.26. The minimum Gasteiger partial charge on any atom is -0.439 e. The topological polar surface area (TPSA) is 58.4 Å². The molecule has 5 nitrogen and oxygen atoms in total. The van der Waals surface area contributed by atoms with Crippen LogP contribution in [0.4, 0.5) is 15.8 Å². The van der Waals surface area contributed by atoms with E-state index in [4.69, 9.17) is 4.42 Å². The van der Waals surface area contributed by atoms with Crippen LogP contribution >= 0.6 is 0 Å². The van der Waals surface area contributed by atoms with E-state index in [2.05, 4.69) is 10.3 Å². The second kappa shape index (κ2) is 6.63. The number of nitrogens with one attached hydrogen (secondary N) is 1. The quantitative estimate of drug-likeness (QED) is 0.772. The van der Waals surface area contributed by atoms with Crippen LogP contribution in [0.3, 0.4) is 0 Å². The van der Waals surface area contributed by atoms with Gasteiger partial charge in [-0.1, -0.05) is 24.3 Å². The fraction of sp³-hybridized carbons (Fsp3) is 0.200. The van der Waals surface area contributed by atoms with Gasteiger partial charge in [0.2, 0.25) is 11.8 Å². The van der Waals surface area contributed by atoms with E-state index >= 15 is 0 Å². The van der Waals surface area contributed by atoms with Crippen LogP contribution in [-0.4, -0.2) is 17.4 Å².